The predicted octanol–water partition coefficient (Wildman–Crippen LogP) is 3.74. The molecule has 5 heterocycles. The van der Waals surface area contributed by atoms with E-state index in [0.717, 1.165) is 6.42 Å². The van der Waals surface area contributed by atoms with E-state index in [1.165, 1.54) is 18.3 Å². The normalized spacial score (nSPS) is 17.6. The van der Waals surface area contributed by atoms with Crippen LogP contribution in [0.5, 0.6) is 17.6 Å². The molecule has 13 heteroatoms. The minimum absolute atomic E-state index is 0.0719. The number of benzene rings is 1. The van der Waals surface area contributed by atoms with Crippen LogP contribution in [0.2, 0.25) is 5.02 Å². The van der Waals surface area contributed by atoms with Crippen molar-refractivity contribution in [3.8, 4) is 17.6 Å². The van der Waals surface area contributed by atoms with Crippen molar-refractivity contribution in [1.29, 1.82) is 0 Å². The lowest BCUT2D eigenvalue weighted by molar-refractivity contribution is -0.126. The van der Waals surface area contributed by atoms with Gasteiger partial charge in [-0.25, -0.2) is 9.37 Å². The van der Waals surface area contributed by atoms with E-state index in [-0.39, 0.29) is 34.5 Å². The maximum atomic E-state index is 14.6. The monoisotopic (exact) mass is 553 g/mol. The van der Waals surface area contributed by atoms with E-state index in [9.17, 15) is 9.18 Å². The number of hydrogen-bond acceptors (Lipinski definition) is 9. The molecule has 11 nitrogen and oxygen atoms in total. The van der Waals surface area contributed by atoms with Crippen LogP contribution in [0.4, 0.5) is 10.2 Å². The van der Waals surface area contributed by atoms with Crippen LogP contribution < -0.4 is 14.4 Å². The number of rotatable bonds is 7. The number of amides is 1. The molecule has 39 heavy (non-hydrogen) atoms. The fourth-order valence-electron chi connectivity index (χ4n) is 4.75. The van der Waals surface area contributed by atoms with Gasteiger partial charge in [0.25, 0.3) is 0 Å². The number of halogens is 2. The molecule has 1 unspecified atom stereocenters. The topological polar surface area (TPSA) is 119 Å². The molecular formula is C26H25ClFN7O4. The molecule has 1 amide bonds. The first-order chi connectivity index (χ1) is 19.0. The smallest absolute Gasteiger partial charge is 0.319 e. The van der Waals surface area contributed by atoms with Crippen molar-refractivity contribution < 1.29 is 23.4 Å². The van der Waals surface area contributed by atoms with Gasteiger partial charge >= 0.3 is 6.01 Å². The van der Waals surface area contributed by atoms with Gasteiger partial charge in [0.05, 0.1) is 35.7 Å². The van der Waals surface area contributed by atoms with E-state index in [1.54, 1.807) is 17.2 Å². The Kier molecular flexibility index (Phi) is 6.88. The number of pyridine rings is 1. The lowest BCUT2D eigenvalue weighted by Gasteiger charge is -2.35. The second-order valence-corrected chi connectivity index (χ2v) is 9.71. The summed E-state index contributed by atoms with van der Waals surface area (Å²) < 4.78 is 32.2. The standard InChI is InChI=1S/C26H25ClFN7O4/c1-2-20(36)34-6-8-35(9-7-34)24-16-3-5-29-25(22(16)31-26(32-24)38-14-15-4-10-37-13-15)39-23-17-12-30-33-19(17)11-18(28)21(23)27/h2-3,5,11-12,15H,1,4,6-10,13-14H2,(H,30,33). The first-order valence-corrected chi connectivity index (χ1v) is 12.9. The third-order valence-corrected chi connectivity index (χ3v) is 7.22. The van der Waals surface area contributed by atoms with E-state index < -0.39 is 5.82 Å². The first kappa shape index (κ1) is 25.3. The Morgan fingerprint density at radius 2 is 2.13 bits per heavy atom. The molecule has 6 rings (SSSR count). The molecule has 4 aromatic rings. The zero-order valence-corrected chi connectivity index (χ0v) is 21.7. The molecule has 3 aromatic heterocycles. The average molecular weight is 554 g/mol. The summed E-state index contributed by atoms with van der Waals surface area (Å²) in [5, 5.41) is 7.66. The molecule has 0 saturated carbocycles. The molecule has 202 valence electrons. The zero-order valence-electron chi connectivity index (χ0n) is 20.9. The third kappa shape index (κ3) is 4.92. The molecule has 1 atom stereocenters. The second kappa shape index (κ2) is 10.6. The van der Waals surface area contributed by atoms with Crippen molar-refractivity contribution in [2.24, 2.45) is 5.92 Å². The van der Waals surface area contributed by atoms with Gasteiger partial charge in [-0.05, 0) is 18.6 Å². The number of nitrogens with zero attached hydrogens (tertiary/aromatic N) is 6. The molecule has 2 aliphatic heterocycles. The Hall–Kier alpha value is -4.03. The Bertz CT molecular complexity index is 1550. The van der Waals surface area contributed by atoms with E-state index in [0.29, 0.717) is 73.6 Å². The van der Waals surface area contributed by atoms with E-state index in [4.69, 9.17) is 30.8 Å². The highest BCUT2D eigenvalue weighted by Gasteiger charge is 2.26. The van der Waals surface area contributed by atoms with Crippen LogP contribution in [-0.4, -0.2) is 82.0 Å². The van der Waals surface area contributed by atoms with Crippen LogP contribution in [0.1, 0.15) is 6.42 Å². The minimum atomic E-state index is -0.659. The van der Waals surface area contributed by atoms with Crippen molar-refractivity contribution in [1.82, 2.24) is 30.0 Å². The van der Waals surface area contributed by atoms with Gasteiger partial charge in [0.1, 0.15) is 22.2 Å². The number of carbonyl (C=O) groups excluding carboxylic acids is 1. The van der Waals surface area contributed by atoms with Gasteiger partial charge in [-0.1, -0.05) is 18.2 Å². The van der Waals surface area contributed by atoms with Crippen LogP contribution in [0.25, 0.3) is 21.8 Å². The van der Waals surface area contributed by atoms with Crippen molar-refractivity contribution >= 4 is 45.1 Å². The lowest BCUT2D eigenvalue weighted by atomic mass is 10.1. The summed E-state index contributed by atoms with van der Waals surface area (Å²) in [7, 11) is 0. The average Bonchev–Trinajstić information content (AvgIpc) is 3.66. The summed E-state index contributed by atoms with van der Waals surface area (Å²) >= 11 is 6.30. The third-order valence-electron chi connectivity index (χ3n) is 6.87. The maximum Gasteiger partial charge on any atom is 0.319 e. The van der Waals surface area contributed by atoms with Crippen LogP contribution in [0.3, 0.4) is 0 Å². The van der Waals surface area contributed by atoms with Gasteiger partial charge in [-0.3, -0.25) is 9.89 Å². The molecule has 2 aliphatic rings. The van der Waals surface area contributed by atoms with E-state index in [1.807, 2.05) is 0 Å². The van der Waals surface area contributed by atoms with Crippen LogP contribution in [0.15, 0.2) is 37.2 Å². The number of piperazine rings is 1. The number of fused-ring (bicyclic) bond motifs is 2. The van der Waals surface area contributed by atoms with Crippen molar-refractivity contribution in [2.75, 3.05) is 50.9 Å². The van der Waals surface area contributed by atoms with E-state index in [2.05, 4.69) is 31.6 Å². The number of carbonyl (C=O) groups is 1. The van der Waals surface area contributed by atoms with Crippen LogP contribution in [-0.2, 0) is 9.53 Å². The highest BCUT2D eigenvalue weighted by Crippen LogP contribution is 2.40. The van der Waals surface area contributed by atoms with Gasteiger partial charge in [0.15, 0.2) is 5.75 Å². The van der Waals surface area contributed by atoms with E-state index >= 15 is 0 Å². The Morgan fingerprint density at radius 3 is 2.90 bits per heavy atom. The highest BCUT2D eigenvalue weighted by atomic mass is 35.5. The zero-order chi connectivity index (χ0) is 26.9. The number of aromatic amines is 1. The van der Waals surface area contributed by atoms with Gasteiger partial charge < -0.3 is 24.0 Å². The van der Waals surface area contributed by atoms with Crippen LogP contribution in [0, 0.1) is 11.7 Å². The first-order valence-electron chi connectivity index (χ1n) is 12.5. The molecule has 0 radical (unpaired) electrons. The summed E-state index contributed by atoms with van der Waals surface area (Å²) in [6, 6.07) is 3.20. The van der Waals surface area contributed by atoms with Gasteiger partial charge in [-0.15, -0.1) is 0 Å². The Balaban J connectivity index is 1.40. The summed E-state index contributed by atoms with van der Waals surface area (Å²) in [4.78, 5) is 29.7. The number of hydrogen-bond donors (Lipinski definition) is 1. The second-order valence-electron chi connectivity index (χ2n) is 9.33. The van der Waals surface area contributed by atoms with Gasteiger partial charge in [-0.2, -0.15) is 15.1 Å². The minimum Gasteiger partial charge on any atom is -0.463 e. The quantitative estimate of drug-likeness (QED) is 0.341. The maximum absolute atomic E-state index is 14.6. The molecule has 2 fully saturated rings. The van der Waals surface area contributed by atoms with Gasteiger partial charge in [0.2, 0.25) is 11.8 Å². The molecule has 0 aliphatic carbocycles. The number of anilines is 1. The highest BCUT2D eigenvalue weighted by molar-refractivity contribution is 6.33. The van der Waals surface area contributed by atoms with Crippen LogP contribution >= 0.6 is 11.6 Å². The summed E-state index contributed by atoms with van der Waals surface area (Å²) in [6.07, 6.45) is 5.29. The SMILES string of the molecule is C=CC(=O)N1CCN(c2nc(OCC3CCOC3)nc3c(Oc4c(Cl)c(F)cc5[nH]ncc45)nccc23)CC1. The number of H-pyrrole nitrogens is 1. The molecule has 0 spiro atoms. The Morgan fingerprint density at radius 1 is 1.28 bits per heavy atom. The van der Waals surface area contributed by atoms with Crippen molar-refractivity contribution in [3.63, 3.8) is 0 Å². The lowest BCUT2D eigenvalue weighted by Crippen LogP contribution is -2.48. The molecule has 1 N–H and O–H groups in total. The van der Waals surface area contributed by atoms with Gasteiger partial charge in [0, 0.05) is 51.0 Å². The fourth-order valence-corrected chi connectivity index (χ4v) is 4.95. The van der Waals surface area contributed by atoms with Crippen molar-refractivity contribution in [2.45, 2.75) is 6.42 Å². The molecule has 2 saturated heterocycles. The molecule has 1 aromatic carbocycles. The predicted molar refractivity (Wildman–Crippen MR) is 142 cm³/mol. The number of nitrogens with one attached hydrogen (secondary N) is 1. The summed E-state index contributed by atoms with van der Waals surface area (Å²) in [6.45, 7) is 7.41. The Labute approximate surface area is 227 Å². The summed E-state index contributed by atoms with van der Waals surface area (Å²) in [5.41, 5.74) is 0.805. The molecular weight excluding hydrogens is 529 g/mol. The number of aromatic nitrogens is 5. The largest absolute Gasteiger partial charge is 0.463 e. The summed E-state index contributed by atoms with van der Waals surface area (Å²) in [5.74, 6) is 0.278. The van der Waals surface area contributed by atoms with Crippen molar-refractivity contribution in [3.05, 3.63) is 48.0 Å². The number of ether oxygens (including phenoxy) is 3. The molecule has 0 bridgehead atoms. The fraction of sp³-hybridized carbons (Fsp3) is 0.346.